The van der Waals surface area contributed by atoms with Crippen molar-refractivity contribution in [3.8, 4) is 0 Å². The predicted octanol–water partition coefficient (Wildman–Crippen LogP) is 0.276. The topological polar surface area (TPSA) is 105 Å². The number of aromatic nitrogens is 2. The molecule has 2 heterocycles. The number of hydrogen-bond acceptors (Lipinski definition) is 6. The molecule has 1 aliphatic heterocycles. The van der Waals surface area contributed by atoms with Gasteiger partial charge in [0.2, 0.25) is 21.8 Å². The van der Waals surface area contributed by atoms with E-state index in [0.29, 0.717) is 44.1 Å². The van der Waals surface area contributed by atoms with Crippen molar-refractivity contribution < 1.29 is 17.7 Å². The van der Waals surface area contributed by atoms with Crippen LogP contribution in [0.15, 0.2) is 4.52 Å². The molecule has 1 amide bonds. The van der Waals surface area contributed by atoms with Crippen molar-refractivity contribution in [2.45, 2.75) is 45.1 Å². The average Bonchev–Trinajstić information content (AvgIpc) is 3.06. The molecule has 1 fully saturated rings. The summed E-state index contributed by atoms with van der Waals surface area (Å²) < 4.78 is 29.6. The molecule has 1 atom stereocenters. The molecule has 9 heteroatoms. The Balaban J connectivity index is 1.85. The molecule has 1 saturated heterocycles. The van der Waals surface area contributed by atoms with E-state index < -0.39 is 16.1 Å². The maximum atomic E-state index is 12.1. The highest BCUT2D eigenvalue weighted by molar-refractivity contribution is 7.88. The SMILES string of the molecule is CC(C)c1nc(CCNC(=O)[C@@H]2CCCN2S(C)(=O)=O)no1. The van der Waals surface area contributed by atoms with Crippen LogP contribution in [0.2, 0.25) is 0 Å². The van der Waals surface area contributed by atoms with Gasteiger partial charge in [-0.05, 0) is 12.8 Å². The first-order valence-corrected chi connectivity index (χ1v) is 9.21. The van der Waals surface area contributed by atoms with Crippen LogP contribution in [-0.2, 0) is 21.2 Å². The Labute approximate surface area is 130 Å². The van der Waals surface area contributed by atoms with E-state index in [2.05, 4.69) is 15.5 Å². The Morgan fingerprint density at radius 3 is 2.82 bits per heavy atom. The molecule has 124 valence electrons. The maximum Gasteiger partial charge on any atom is 0.238 e. The van der Waals surface area contributed by atoms with Gasteiger partial charge in [-0.1, -0.05) is 19.0 Å². The Morgan fingerprint density at radius 2 is 2.23 bits per heavy atom. The van der Waals surface area contributed by atoms with E-state index in [1.54, 1.807) is 0 Å². The normalized spacial score (nSPS) is 19.7. The fourth-order valence-corrected chi connectivity index (χ4v) is 3.54. The number of sulfonamides is 1. The zero-order valence-corrected chi connectivity index (χ0v) is 13.9. The van der Waals surface area contributed by atoms with Gasteiger partial charge in [0.05, 0.1) is 6.26 Å². The third-order valence-corrected chi connectivity index (χ3v) is 4.85. The summed E-state index contributed by atoms with van der Waals surface area (Å²) in [6.07, 6.45) is 2.84. The van der Waals surface area contributed by atoms with Crippen LogP contribution in [0.25, 0.3) is 0 Å². The summed E-state index contributed by atoms with van der Waals surface area (Å²) in [5.41, 5.74) is 0. The van der Waals surface area contributed by atoms with E-state index >= 15 is 0 Å². The van der Waals surface area contributed by atoms with Gasteiger partial charge in [0, 0.05) is 25.4 Å². The Morgan fingerprint density at radius 1 is 1.50 bits per heavy atom. The summed E-state index contributed by atoms with van der Waals surface area (Å²) in [5.74, 6) is 1.00. The lowest BCUT2D eigenvalue weighted by Gasteiger charge is -2.21. The minimum absolute atomic E-state index is 0.164. The van der Waals surface area contributed by atoms with Crippen LogP contribution in [0.3, 0.4) is 0 Å². The van der Waals surface area contributed by atoms with Gasteiger partial charge in [-0.15, -0.1) is 0 Å². The minimum Gasteiger partial charge on any atom is -0.354 e. The Kier molecular flexibility index (Phi) is 5.17. The quantitative estimate of drug-likeness (QED) is 0.803. The number of nitrogens with one attached hydrogen (secondary N) is 1. The molecule has 1 N–H and O–H groups in total. The molecule has 2 rings (SSSR count). The van der Waals surface area contributed by atoms with E-state index in [-0.39, 0.29) is 11.8 Å². The monoisotopic (exact) mass is 330 g/mol. The molecule has 0 radical (unpaired) electrons. The second-order valence-corrected chi connectivity index (χ2v) is 7.71. The zero-order chi connectivity index (χ0) is 16.3. The smallest absolute Gasteiger partial charge is 0.238 e. The minimum atomic E-state index is -3.35. The van der Waals surface area contributed by atoms with E-state index in [0.717, 1.165) is 6.26 Å². The van der Waals surface area contributed by atoms with Crippen LogP contribution in [0, 0.1) is 0 Å². The number of nitrogens with zero attached hydrogens (tertiary/aromatic N) is 3. The number of carbonyl (C=O) groups excluding carboxylic acids is 1. The Hall–Kier alpha value is -1.48. The lowest BCUT2D eigenvalue weighted by Crippen LogP contribution is -2.45. The molecule has 0 saturated carbocycles. The van der Waals surface area contributed by atoms with Crippen molar-refractivity contribution in [2.75, 3.05) is 19.3 Å². The number of amides is 1. The fourth-order valence-electron chi connectivity index (χ4n) is 2.42. The molecule has 0 aromatic carbocycles. The molecule has 1 aromatic rings. The molecular weight excluding hydrogens is 308 g/mol. The van der Waals surface area contributed by atoms with Gasteiger partial charge in [-0.3, -0.25) is 4.79 Å². The average molecular weight is 330 g/mol. The molecule has 0 aliphatic carbocycles. The zero-order valence-electron chi connectivity index (χ0n) is 13.1. The van der Waals surface area contributed by atoms with Gasteiger partial charge in [-0.25, -0.2) is 8.42 Å². The van der Waals surface area contributed by atoms with Gasteiger partial charge in [0.25, 0.3) is 0 Å². The number of carbonyl (C=O) groups is 1. The largest absolute Gasteiger partial charge is 0.354 e. The molecule has 0 unspecified atom stereocenters. The summed E-state index contributed by atoms with van der Waals surface area (Å²) in [4.78, 5) is 16.3. The highest BCUT2D eigenvalue weighted by Gasteiger charge is 2.36. The van der Waals surface area contributed by atoms with Gasteiger partial charge in [-0.2, -0.15) is 9.29 Å². The van der Waals surface area contributed by atoms with Crippen LogP contribution in [0.4, 0.5) is 0 Å². The van der Waals surface area contributed by atoms with Gasteiger partial charge < -0.3 is 9.84 Å². The fraction of sp³-hybridized carbons (Fsp3) is 0.769. The second kappa shape index (κ2) is 6.74. The molecular formula is C13H22N4O4S. The molecule has 1 aliphatic rings. The lowest BCUT2D eigenvalue weighted by molar-refractivity contribution is -0.124. The summed E-state index contributed by atoms with van der Waals surface area (Å²) in [6.45, 7) is 4.67. The second-order valence-electron chi connectivity index (χ2n) is 5.78. The van der Waals surface area contributed by atoms with E-state index in [1.165, 1.54) is 4.31 Å². The van der Waals surface area contributed by atoms with Crippen molar-refractivity contribution in [2.24, 2.45) is 0 Å². The number of rotatable bonds is 6. The van der Waals surface area contributed by atoms with Crippen LogP contribution in [-0.4, -0.2) is 54.2 Å². The molecule has 0 spiro atoms. The summed E-state index contributed by atoms with van der Waals surface area (Å²) in [6, 6.07) is -0.605. The lowest BCUT2D eigenvalue weighted by atomic mass is 10.2. The van der Waals surface area contributed by atoms with Gasteiger partial charge >= 0.3 is 0 Å². The molecule has 1 aromatic heterocycles. The highest BCUT2D eigenvalue weighted by atomic mass is 32.2. The third-order valence-electron chi connectivity index (χ3n) is 3.56. The Bertz CT molecular complexity index is 626. The number of hydrogen-bond donors (Lipinski definition) is 1. The van der Waals surface area contributed by atoms with E-state index in [9.17, 15) is 13.2 Å². The van der Waals surface area contributed by atoms with E-state index in [1.807, 2.05) is 13.8 Å². The van der Waals surface area contributed by atoms with Crippen LogP contribution in [0.1, 0.15) is 44.3 Å². The van der Waals surface area contributed by atoms with Crippen LogP contribution in [0.5, 0.6) is 0 Å². The highest BCUT2D eigenvalue weighted by Crippen LogP contribution is 2.20. The summed E-state index contributed by atoms with van der Waals surface area (Å²) >= 11 is 0. The third kappa shape index (κ3) is 4.04. The van der Waals surface area contributed by atoms with Crippen molar-refractivity contribution in [3.05, 3.63) is 11.7 Å². The predicted molar refractivity (Wildman–Crippen MR) is 79.7 cm³/mol. The first kappa shape index (κ1) is 16.9. The van der Waals surface area contributed by atoms with Crippen molar-refractivity contribution in [1.29, 1.82) is 0 Å². The van der Waals surface area contributed by atoms with Gasteiger partial charge in [0.15, 0.2) is 5.82 Å². The van der Waals surface area contributed by atoms with Crippen LogP contribution < -0.4 is 5.32 Å². The first-order chi connectivity index (χ1) is 10.3. The molecule has 0 bridgehead atoms. The summed E-state index contributed by atoms with van der Waals surface area (Å²) in [5, 5.41) is 6.59. The van der Waals surface area contributed by atoms with Crippen molar-refractivity contribution in [1.82, 2.24) is 19.8 Å². The molecule has 22 heavy (non-hydrogen) atoms. The summed E-state index contributed by atoms with van der Waals surface area (Å²) in [7, 11) is -3.35. The standard InChI is InChI=1S/C13H22N4O4S/c1-9(2)13-15-11(16-21-13)6-7-14-12(18)10-5-4-8-17(10)22(3,19)20/h9-10H,4-8H2,1-3H3,(H,14,18)/t10-/m0/s1. The van der Waals surface area contributed by atoms with Crippen molar-refractivity contribution in [3.63, 3.8) is 0 Å². The maximum absolute atomic E-state index is 12.1. The first-order valence-electron chi connectivity index (χ1n) is 7.36. The van der Waals surface area contributed by atoms with E-state index in [4.69, 9.17) is 4.52 Å². The van der Waals surface area contributed by atoms with Crippen molar-refractivity contribution >= 4 is 15.9 Å². The van der Waals surface area contributed by atoms with Gasteiger partial charge in [0.1, 0.15) is 6.04 Å². The molecule has 8 nitrogen and oxygen atoms in total. The van der Waals surface area contributed by atoms with Crippen LogP contribution >= 0.6 is 0 Å².